The molecular formula is C13H19F2N3O. The number of hydrogen-bond donors (Lipinski definition) is 0. The molecule has 0 unspecified atom stereocenters. The summed E-state index contributed by atoms with van der Waals surface area (Å²) in [6.45, 7) is -2.49. The number of aromatic nitrogens is 2. The number of imidazole rings is 1. The molecule has 1 saturated carbocycles. The van der Waals surface area contributed by atoms with Crippen molar-refractivity contribution in [2.24, 2.45) is 5.92 Å². The van der Waals surface area contributed by atoms with Gasteiger partial charge in [-0.1, -0.05) is 12.8 Å². The largest absolute Gasteiger partial charge is 0.338 e. The van der Waals surface area contributed by atoms with Crippen molar-refractivity contribution in [3.8, 4) is 0 Å². The summed E-state index contributed by atoms with van der Waals surface area (Å²) >= 11 is 0. The number of hydrogen-bond acceptors (Lipinski definition) is 2. The molecule has 1 aromatic heterocycles. The number of rotatable bonds is 5. The molecule has 1 heterocycles. The van der Waals surface area contributed by atoms with E-state index in [2.05, 4.69) is 4.98 Å². The van der Waals surface area contributed by atoms with Crippen molar-refractivity contribution in [1.29, 1.82) is 0 Å². The number of carbonyl (C=O) groups excluding carboxylic acids is 1. The molecule has 1 aromatic rings. The highest BCUT2D eigenvalue weighted by molar-refractivity contribution is 5.76. The van der Waals surface area contributed by atoms with Crippen LogP contribution < -0.4 is 0 Å². The average Bonchev–Trinajstić information content (AvgIpc) is 2.99. The third-order valence-corrected chi connectivity index (χ3v) is 3.70. The van der Waals surface area contributed by atoms with Gasteiger partial charge in [-0.3, -0.25) is 9.36 Å². The van der Waals surface area contributed by atoms with Crippen molar-refractivity contribution >= 4 is 5.91 Å². The van der Waals surface area contributed by atoms with Gasteiger partial charge in [-0.15, -0.1) is 0 Å². The summed E-state index contributed by atoms with van der Waals surface area (Å²) in [6, 6.07) is 0. The molecule has 0 saturated heterocycles. The summed E-state index contributed by atoms with van der Waals surface area (Å²) in [7, 11) is 1.64. The minimum Gasteiger partial charge on any atom is -0.338 e. The van der Waals surface area contributed by atoms with Crippen molar-refractivity contribution in [2.45, 2.75) is 45.2 Å². The van der Waals surface area contributed by atoms with Crippen molar-refractivity contribution in [3.63, 3.8) is 0 Å². The van der Waals surface area contributed by atoms with Crippen LogP contribution in [0.3, 0.4) is 0 Å². The maximum absolute atomic E-state index is 12.7. The molecule has 0 bridgehead atoms. The second-order valence-electron chi connectivity index (χ2n) is 5.13. The van der Waals surface area contributed by atoms with Crippen LogP contribution in [-0.2, 0) is 11.3 Å². The monoisotopic (exact) mass is 271 g/mol. The first-order valence-electron chi connectivity index (χ1n) is 6.61. The maximum atomic E-state index is 12.7. The molecule has 2 rings (SSSR count). The molecule has 1 fully saturated rings. The lowest BCUT2D eigenvalue weighted by molar-refractivity contribution is -0.131. The molecule has 4 nitrogen and oxygen atoms in total. The lowest BCUT2D eigenvalue weighted by Gasteiger charge is -2.19. The van der Waals surface area contributed by atoms with E-state index in [1.807, 2.05) is 0 Å². The maximum Gasteiger partial charge on any atom is 0.319 e. The van der Waals surface area contributed by atoms with E-state index >= 15 is 0 Å². The molecule has 6 heteroatoms. The van der Waals surface area contributed by atoms with Crippen LogP contribution in [0.5, 0.6) is 0 Å². The van der Waals surface area contributed by atoms with E-state index in [0.29, 0.717) is 12.3 Å². The zero-order chi connectivity index (χ0) is 13.8. The SMILES string of the molecule is CN(Cc1nccn1C(F)F)C(=O)CC1CCCC1. The van der Waals surface area contributed by atoms with Gasteiger partial charge in [-0.25, -0.2) is 4.98 Å². The van der Waals surface area contributed by atoms with Crippen molar-refractivity contribution < 1.29 is 13.6 Å². The van der Waals surface area contributed by atoms with Crippen molar-refractivity contribution in [2.75, 3.05) is 7.05 Å². The van der Waals surface area contributed by atoms with E-state index in [1.165, 1.54) is 30.1 Å². The zero-order valence-corrected chi connectivity index (χ0v) is 11.1. The minimum absolute atomic E-state index is 0.00992. The second-order valence-corrected chi connectivity index (χ2v) is 5.13. The standard InChI is InChI=1S/C13H19F2N3O/c1-17(12(19)8-10-4-2-3-5-10)9-11-16-6-7-18(11)13(14)15/h6-7,10,13H,2-5,8-9H2,1H3. The number of halogens is 2. The van der Waals surface area contributed by atoms with E-state index in [0.717, 1.165) is 17.4 Å². The first-order chi connectivity index (χ1) is 9.08. The predicted molar refractivity (Wildman–Crippen MR) is 66.5 cm³/mol. The fourth-order valence-electron chi connectivity index (χ4n) is 2.56. The molecule has 0 aliphatic heterocycles. The summed E-state index contributed by atoms with van der Waals surface area (Å²) in [5.74, 6) is 0.692. The van der Waals surface area contributed by atoms with Gasteiger partial charge in [0.2, 0.25) is 5.91 Å². The summed E-state index contributed by atoms with van der Waals surface area (Å²) in [5.41, 5.74) is 0. The Morgan fingerprint density at radius 1 is 1.53 bits per heavy atom. The molecule has 1 aliphatic carbocycles. The highest BCUT2D eigenvalue weighted by Gasteiger charge is 2.21. The fraction of sp³-hybridized carbons (Fsp3) is 0.692. The van der Waals surface area contributed by atoms with Crippen LogP contribution in [0.25, 0.3) is 0 Å². The number of alkyl halides is 2. The van der Waals surface area contributed by atoms with Crippen LogP contribution in [0, 0.1) is 5.92 Å². The third-order valence-electron chi connectivity index (χ3n) is 3.70. The van der Waals surface area contributed by atoms with Crippen LogP contribution in [0.2, 0.25) is 0 Å². The van der Waals surface area contributed by atoms with Gasteiger partial charge >= 0.3 is 6.55 Å². The van der Waals surface area contributed by atoms with Gasteiger partial charge in [0.1, 0.15) is 5.82 Å². The number of nitrogens with zero attached hydrogens (tertiary/aromatic N) is 3. The highest BCUT2D eigenvalue weighted by atomic mass is 19.3. The van der Waals surface area contributed by atoms with Crippen LogP contribution in [-0.4, -0.2) is 27.4 Å². The molecule has 19 heavy (non-hydrogen) atoms. The molecular weight excluding hydrogens is 252 g/mol. The zero-order valence-electron chi connectivity index (χ0n) is 11.1. The smallest absolute Gasteiger partial charge is 0.319 e. The van der Waals surface area contributed by atoms with E-state index in [9.17, 15) is 13.6 Å². The molecule has 106 valence electrons. The van der Waals surface area contributed by atoms with E-state index in [1.54, 1.807) is 7.05 Å². The van der Waals surface area contributed by atoms with Gasteiger partial charge in [-0.2, -0.15) is 8.78 Å². The second kappa shape index (κ2) is 6.12. The Balaban J connectivity index is 1.90. The predicted octanol–water partition coefficient (Wildman–Crippen LogP) is 2.82. The molecule has 0 N–H and O–H groups in total. The first-order valence-corrected chi connectivity index (χ1v) is 6.61. The summed E-state index contributed by atoms with van der Waals surface area (Å²) in [5, 5.41) is 0. The number of carbonyl (C=O) groups is 1. The van der Waals surface area contributed by atoms with E-state index in [4.69, 9.17) is 0 Å². The van der Waals surface area contributed by atoms with Crippen molar-refractivity contribution in [3.05, 3.63) is 18.2 Å². The van der Waals surface area contributed by atoms with E-state index < -0.39 is 6.55 Å². The molecule has 0 radical (unpaired) electrons. The number of amides is 1. The topological polar surface area (TPSA) is 38.1 Å². The Bertz CT molecular complexity index is 427. The summed E-state index contributed by atoms with van der Waals surface area (Å²) < 4.78 is 26.1. The van der Waals surface area contributed by atoms with Gasteiger partial charge in [0.15, 0.2) is 0 Å². The van der Waals surface area contributed by atoms with Gasteiger partial charge in [-0.05, 0) is 18.8 Å². The van der Waals surface area contributed by atoms with Crippen LogP contribution in [0.1, 0.15) is 44.5 Å². The Morgan fingerprint density at radius 3 is 2.84 bits per heavy atom. The van der Waals surface area contributed by atoms with Crippen molar-refractivity contribution in [1.82, 2.24) is 14.5 Å². The Morgan fingerprint density at radius 2 is 2.21 bits per heavy atom. The van der Waals surface area contributed by atoms with Crippen LogP contribution >= 0.6 is 0 Å². The van der Waals surface area contributed by atoms with Crippen LogP contribution in [0.4, 0.5) is 8.78 Å². The Kier molecular flexibility index (Phi) is 4.50. The highest BCUT2D eigenvalue weighted by Crippen LogP contribution is 2.28. The lowest BCUT2D eigenvalue weighted by Crippen LogP contribution is -2.29. The van der Waals surface area contributed by atoms with E-state index in [-0.39, 0.29) is 18.3 Å². The lowest BCUT2D eigenvalue weighted by atomic mass is 10.0. The summed E-state index contributed by atoms with van der Waals surface area (Å²) in [6.07, 6.45) is 7.67. The molecule has 0 spiro atoms. The Hall–Kier alpha value is -1.46. The molecule has 0 atom stereocenters. The molecule has 1 amide bonds. The normalized spacial score (nSPS) is 16.2. The van der Waals surface area contributed by atoms with Gasteiger partial charge < -0.3 is 4.90 Å². The van der Waals surface area contributed by atoms with Gasteiger partial charge in [0.05, 0.1) is 6.54 Å². The van der Waals surface area contributed by atoms with Gasteiger partial charge in [0.25, 0.3) is 0 Å². The summed E-state index contributed by atoms with van der Waals surface area (Å²) in [4.78, 5) is 17.4. The first kappa shape index (κ1) is 14.0. The molecule has 0 aromatic carbocycles. The molecule has 1 aliphatic rings. The quantitative estimate of drug-likeness (QED) is 0.826. The average molecular weight is 271 g/mol. The Labute approximate surface area is 111 Å². The van der Waals surface area contributed by atoms with Crippen LogP contribution in [0.15, 0.2) is 12.4 Å². The third kappa shape index (κ3) is 3.52. The minimum atomic E-state index is -2.61. The van der Waals surface area contributed by atoms with Gasteiger partial charge in [0, 0.05) is 25.9 Å². The fourth-order valence-corrected chi connectivity index (χ4v) is 2.56.